The van der Waals surface area contributed by atoms with Gasteiger partial charge < -0.3 is 19.7 Å². The molecule has 3 aromatic carbocycles. The summed E-state index contributed by atoms with van der Waals surface area (Å²) < 4.78 is 10.7. The predicted molar refractivity (Wildman–Crippen MR) is 130 cm³/mol. The number of imide groups is 1. The Bertz CT molecular complexity index is 1210. The maximum atomic E-state index is 13.6. The van der Waals surface area contributed by atoms with Crippen molar-refractivity contribution in [3.8, 4) is 11.5 Å². The summed E-state index contributed by atoms with van der Waals surface area (Å²) in [5.41, 5.74) is 3.10. The van der Waals surface area contributed by atoms with Crippen LogP contribution < -0.4 is 24.6 Å². The van der Waals surface area contributed by atoms with Crippen molar-refractivity contribution in [3.63, 3.8) is 0 Å². The lowest BCUT2D eigenvalue weighted by molar-refractivity contribution is -0.120. The Balaban J connectivity index is 1.81. The van der Waals surface area contributed by atoms with E-state index in [1.165, 1.54) is 4.90 Å². The number of amides is 2. The highest BCUT2D eigenvalue weighted by Crippen LogP contribution is 2.36. The van der Waals surface area contributed by atoms with Gasteiger partial charge in [0.25, 0.3) is 11.8 Å². The summed E-state index contributed by atoms with van der Waals surface area (Å²) in [6.45, 7) is 0. The van der Waals surface area contributed by atoms with E-state index in [0.29, 0.717) is 34.0 Å². The standard InChI is InChI=1S/C26H25N3O4/c1-28(2)19-11-8-12-20(15-19)29-25(30)23(17-9-6-5-7-10-17)24(26(29)31)27-18-13-21(32-3)16-22(14-18)33-4/h5-16,27H,1-4H3. The molecule has 0 unspecified atom stereocenters. The minimum atomic E-state index is -0.434. The van der Waals surface area contributed by atoms with Crippen LogP contribution in [0.2, 0.25) is 0 Å². The summed E-state index contributed by atoms with van der Waals surface area (Å²) in [5.74, 6) is 0.299. The molecule has 0 aromatic heterocycles. The van der Waals surface area contributed by atoms with Crippen LogP contribution in [0.25, 0.3) is 5.57 Å². The number of ether oxygens (including phenoxy) is 2. The van der Waals surface area contributed by atoms with Crippen molar-refractivity contribution in [2.75, 3.05) is 43.4 Å². The van der Waals surface area contributed by atoms with Crippen molar-refractivity contribution in [3.05, 3.63) is 84.1 Å². The number of hydrogen-bond acceptors (Lipinski definition) is 6. The lowest BCUT2D eigenvalue weighted by atomic mass is 10.0. The first-order valence-corrected chi connectivity index (χ1v) is 10.4. The van der Waals surface area contributed by atoms with Crippen LogP contribution in [0.1, 0.15) is 5.56 Å². The second kappa shape index (κ2) is 9.08. The van der Waals surface area contributed by atoms with E-state index in [9.17, 15) is 9.59 Å². The van der Waals surface area contributed by atoms with Crippen molar-refractivity contribution < 1.29 is 19.1 Å². The van der Waals surface area contributed by atoms with Gasteiger partial charge >= 0.3 is 0 Å². The van der Waals surface area contributed by atoms with Gasteiger partial charge in [0.2, 0.25) is 0 Å². The van der Waals surface area contributed by atoms with Crippen LogP contribution in [-0.2, 0) is 9.59 Å². The number of hydrogen-bond donors (Lipinski definition) is 1. The highest BCUT2D eigenvalue weighted by Gasteiger charge is 2.40. The number of carbonyl (C=O) groups is 2. The molecular weight excluding hydrogens is 418 g/mol. The first-order valence-electron chi connectivity index (χ1n) is 10.4. The third kappa shape index (κ3) is 4.25. The number of methoxy groups -OCH3 is 2. The van der Waals surface area contributed by atoms with Gasteiger partial charge in [0, 0.05) is 43.7 Å². The summed E-state index contributed by atoms with van der Waals surface area (Å²) >= 11 is 0. The average molecular weight is 444 g/mol. The molecule has 7 heteroatoms. The maximum absolute atomic E-state index is 13.6. The van der Waals surface area contributed by atoms with Crippen LogP contribution in [0, 0.1) is 0 Å². The highest BCUT2D eigenvalue weighted by atomic mass is 16.5. The molecule has 1 heterocycles. The van der Waals surface area contributed by atoms with Gasteiger partial charge in [-0.25, -0.2) is 4.90 Å². The van der Waals surface area contributed by atoms with E-state index < -0.39 is 5.91 Å². The number of carbonyl (C=O) groups excluding carboxylic acids is 2. The second-order valence-electron chi connectivity index (χ2n) is 7.70. The first-order chi connectivity index (χ1) is 15.9. The SMILES string of the molecule is COc1cc(NC2=C(c3ccccc3)C(=O)N(c3cccc(N(C)C)c3)C2=O)cc(OC)c1. The lowest BCUT2D eigenvalue weighted by Crippen LogP contribution is -2.32. The van der Waals surface area contributed by atoms with Gasteiger partial charge in [0.1, 0.15) is 17.2 Å². The molecule has 2 amide bonds. The number of nitrogens with zero attached hydrogens (tertiary/aromatic N) is 2. The van der Waals surface area contributed by atoms with Crippen LogP contribution in [0.4, 0.5) is 17.1 Å². The minimum absolute atomic E-state index is 0.191. The fraction of sp³-hybridized carbons (Fsp3) is 0.154. The molecule has 1 N–H and O–H groups in total. The largest absolute Gasteiger partial charge is 0.497 e. The van der Waals surface area contributed by atoms with E-state index in [0.717, 1.165) is 5.69 Å². The van der Waals surface area contributed by atoms with Crippen LogP contribution in [0.15, 0.2) is 78.5 Å². The minimum Gasteiger partial charge on any atom is -0.497 e. The molecule has 4 rings (SSSR count). The third-order valence-electron chi connectivity index (χ3n) is 5.37. The highest BCUT2D eigenvalue weighted by molar-refractivity contribution is 6.46. The van der Waals surface area contributed by atoms with E-state index >= 15 is 0 Å². The molecule has 168 valence electrons. The molecule has 0 bridgehead atoms. The van der Waals surface area contributed by atoms with Gasteiger partial charge in [-0.3, -0.25) is 9.59 Å². The molecule has 1 aliphatic heterocycles. The van der Waals surface area contributed by atoms with Crippen LogP contribution >= 0.6 is 0 Å². The van der Waals surface area contributed by atoms with Gasteiger partial charge in [-0.05, 0) is 23.8 Å². The van der Waals surface area contributed by atoms with Gasteiger partial charge in [-0.1, -0.05) is 36.4 Å². The molecule has 0 aliphatic carbocycles. The predicted octanol–water partition coefficient (Wildman–Crippen LogP) is 4.17. The molecule has 0 fully saturated rings. The van der Waals surface area contributed by atoms with Gasteiger partial charge in [0.15, 0.2) is 0 Å². The average Bonchev–Trinajstić information content (AvgIpc) is 3.08. The van der Waals surface area contributed by atoms with Gasteiger partial charge in [-0.2, -0.15) is 0 Å². The van der Waals surface area contributed by atoms with Gasteiger partial charge in [0.05, 0.1) is 25.5 Å². The Morgan fingerprint density at radius 1 is 0.788 bits per heavy atom. The van der Waals surface area contributed by atoms with Crippen LogP contribution in [-0.4, -0.2) is 40.1 Å². The van der Waals surface area contributed by atoms with Crippen molar-refractivity contribution in [1.82, 2.24) is 0 Å². The van der Waals surface area contributed by atoms with Crippen molar-refractivity contribution in [1.29, 1.82) is 0 Å². The number of rotatable bonds is 7. The molecule has 7 nitrogen and oxygen atoms in total. The second-order valence-corrected chi connectivity index (χ2v) is 7.70. The van der Waals surface area contributed by atoms with E-state index in [2.05, 4.69) is 5.32 Å². The van der Waals surface area contributed by atoms with Crippen LogP contribution in [0.3, 0.4) is 0 Å². The molecule has 1 aliphatic rings. The maximum Gasteiger partial charge on any atom is 0.282 e. The van der Waals surface area contributed by atoms with Crippen molar-refractivity contribution in [2.24, 2.45) is 0 Å². The molecule has 0 atom stereocenters. The Morgan fingerprint density at radius 3 is 2.06 bits per heavy atom. The van der Waals surface area contributed by atoms with Crippen LogP contribution in [0.5, 0.6) is 11.5 Å². The molecule has 0 saturated heterocycles. The summed E-state index contributed by atoms with van der Waals surface area (Å²) in [6.07, 6.45) is 0. The fourth-order valence-corrected chi connectivity index (χ4v) is 3.69. The van der Waals surface area contributed by atoms with Crippen molar-refractivity contribution in [2.45, 2.75) is 0 Å². The number of benzene rings is 3. The monoisotopic (exact) mass is 443 g/mol. The van der Waals surface area contributed by atoms with E-state index in [-0.39, 0.29) is 11.6 Å². The molecule has 33 heavy (non-hydrogen) atoms. The molecule has 0 spiro atoms. The summed E-state index contributed by atoms with van der Waals surface area (Å²) in [5, 5.41) is 3.15. The Kier molecular flexibility index (Phi) is 6.04. The molecule has 0 radical (unpaired) electrons. The van der Waals surface area contributed by atoms with Gasteiger partial charge in [-0.15, -0.1) is 0 Å². The zero-order valence-corrected chi connectivity index (χ0v) is 19.0. The number of nitrogens with one attached hydrogen (secondary N) is 1. The summed E-state index contributed by atoms with van der Waals surface area (Å²) in [6, 6.07) is 21.7. The smallest absolute Gasteiger partial charge is 0.282 e. The third-order valence-corrected chi connectivity index (χ3v) is 5.37. The number of anilines is 3. The lowest BCUT2D eigenvalue weighted by Gasteiger charge is -2.19. The quantitative estimate of drug-likeness (QED) is 0.553. The normalized spacial score (nSPS) is 13.4. The zero-order chi connectivity index (χ0) is 23.5. The molecular formula is C26H25N3O4. The van der Waals surface area contributed by atoms with Crippen molar-refractivity contribution >= 4 is 34.4 Å². The Hall–Kier alpha value is -4.26. The first kappa shape index (κ1) is 22.0. The zero-order valence-electron chi connectivity index (χ0n) is 19.0. The fourth-order valence-electron chi connectivity index (χ4n) is 3.69. The topological polar surface area (TPSA) is 71.1 Å². The van der Waals surface area contributed by atoms with E-state index in [1.807, 2.05) is 67.5 Å². The molecule has 0 saturated carbocycles. The van der Waals surface area contributed by atoms with E-state index in [4.69, 9.17) is 9.47 Å². The summed E-state index contributed by atoms with van der Waals surface area (Å²) in [4.78, 5) is 30.3. The Labute approximate surface area is 192 Å². The van der Waals surface area contributed by atoms with E-state index in [1.54, 1.807) is 38.5 Å². The summed E-state index contributed by atoms with van der Waals surface area (Å²) in [7, 11) is 6.92. The Morgan fingerprint density at radius 2 is 1.45 bits per heavy atom. The molecule has 3 aromatic rings.